The third-order valence-corrected chi connectivity index (χ3v) is 4.26. The van der Waals surface area contributed by atoms with Gasteiger partial charge >= 0.3 is 0 Å². The van der Waals surface area contributed by atoms with Crippen LogP contribution < -0.4 is 0 Å². The van der Waals surface area contributed by atoms with E-state index in [1.165, 1.54) is 0 Å². The highest BCUT2D eigenvalue weighted by molar-refractivity contribution is 5.96. The first-order valence-electron chi connectivity index (χ1n) is 8.32. The highest BCUT2D eigenvalue weighted by Gasteiger charge is 2.27. The lowest BCUT2D eigenvalue weighted by Crippen LogP contribution is -2.46. The fraction of sp³-hybridized carbons (Fsp3) is 0.529. The molecule has 1 atom stereocenters. The van der Waals surface area contributed by atoms with Crippen molar-refractivity contribution in [1.82, 2.24) is 25.1 Å². The molecule has 3 rings (SSSR count). The quantitative estimate of drug-likeness (QED) is 0.752. The zero-order chi connectivity index (χ0) is 16.9. The zero-order valence-electron chi connectivity index (χ0n) is 14.1. The Morgan fingerprint density at radius 2 is 2.12 bits per heavy atom. The second kappa shape index (κ2) is 7.63. The van der Waals surface area contributed by atoms with Gasteiger partial charge in [0.15, 0.2) is 11.6 Å². The molecule has 7 heteroatoms. The van der Waals surface area contributed by atoms with Gasteiger partial charge in [-0.1, -0.05) is 30.3 Å². The first kappa shape index (κ1) is 16.7. The first-order chi connectivity index (χ1) is 11.6. The van der Waals surface area contributed by atoms with E-state index in [1.54, 1.807) is 0 Å². The lowest BCUT2D eigenvalue weighted by molar-refractivity contribution is -0.0143. The normalized spacial score (nSPS) is 18.9. The predicted molar refractivity (Wildman–Crippen MR) is 88.6 cm³/mol. The molecule has 2 heterocycles. The predicted octanol–water partition coefficient (Wildman–Crippen LogP) is 1.73. The molecule has 24 heavy (non-hydrogen) atoms. The molecule has 1 saturated heterocycles. The third kappa shape index (κ3) is 3.85. The van der Waals surface area contributed by atoms with Crippen molar-refractivity contribution in [2.75, 3.05) is 19.8 Å². The van der Waals surface area contributed by atoms with E-state index in [0.29, 0.717) is 26.2 Å². The van der Waals surface area contributed by atoms with Gasteiger partial charge in [-0.15, -0.1) is 5.10 Å². The SMILES string of the molecule is CC(C)n1nnnc1CN1CCOC[C@@H]1CC(=O)c1ccccc1. The minimum Gasteiger partial charge on any atom is -0.378 e. The number of rotatable bonds is 6. The van der Waals surface area contributed by atoms with Crippen molar-refractivity contribution >= 4 is 5.78 Å². The highest BCUT2D eigenvalue weighted by Crippen LogP contribution is 2.17. The van der Waals surface area contributed by atoms with Gasteiger partial charge in [-0.05, 0) is 24.3 Å². The van der Waals surface area contributed by atoms with Crippen molar-refractivity contribution in [3.05, 3.63) is 41.7 Å². The van der Waals surface area contributed by atoms with Gasteiger partial charge in [0.25, 0.3) is 0 Å². The number of tetrazole rings is 1. The average molecular weight is 329 g/mol. The topological polar surface area (TPSA) is 73.1 Å². The molecule has 0 aliphatic carbocycles. The van der Waals surface area contributed by atoms with E-state index in [4.69, 9.17) is 4.74 Å². The molecular formula is C17H23N5O2. The summed E-state index contributed by atoms with van der Waals surface area (Å²) in [5, 5.41) is 12.0. The number of carbonyl (C=O) groups is 1. The molecule has 1 aromatic heterocycles. The van der Waals surface area contributed by atoms with Crippen LogP contribution in [0.15, 0.2) is 30.3 Å². The van der Waals surface area contributed by atoms with E-state index in [9.17, 15) is 4.79 Å². The number of morpholine rings is 1. The second-order valence-electron chi connectivity index (χ2n) is 6.33. The van der Waals surface area contributed by atoms with Crippen LogP contribution in [0.25, 0.3) is 0 Å². The molecule has 1 aromatic carbocycles. The minimum absolute atomic E-state index is 0.0452. The maximum Gasteiger partial charge on any atom is 0.165 e. The third-order valence-electron chi connectivity index (χ3n) is 4.26. The first-order valence-corrected chi connectivity index (χ1v) is 8.32. The number of carbonyl (C=O) groups excluding carboxylic acids is 1. The van der Waals surface area contributed by atoms with Crippen LogP contribution in [-0.2, 0) is 11.3 Å². The molecule has 0 unspecified atom stereocenters. The molecule has 1 aliphatic heterocycles. The largest absolute Gasteiger partial charge is 0.378 e. The lowest BCUT2D eigenvalue weighted by atomic mass is 10.0. The maximum atomic E-state index is 12.5. The fourth-order valence-corrected chi connectivity index (χ4v) is 2.94. The summed E-state index contributed by atoms with van der Waals surface area (Å²) in [4.78, 5) is 14.8. The molecule has 128 valence electrons. The van der Waals surface area contributed by atoms with Crippen LogP contribution in [0.3, 0.4) is 0 Å². The van der Waals surface area contributed by atoms with Gasteiger partial charge in [-0.2, -0.15) is 0 Å². The summed E-state index contributed by atoms with van der Waals surface area (Å²) in [7, 11) is 0. The number of hydrogen-bond acceptors (Lipinski definition) is 6. The van der Waals surface area contributed by atoms with Gasteiger partial charge in [-0.25, -0.2) is 4.68 Å². The van der Waals surface area contributed by atoms with Crippen LogP contribution in [0, 0.1) is 0 Å². The van der Waals surface area contributed by atoms with E-state index in [2.05, 4.69) is 34.3 Å². The van der Waals surface area contributed by atoms with Gasteiger partial charge in [0.05, 0.1) is 25.8 Å². The standard InChI is InChI=1S/C17H23N5O2/c1-13(2)22-17(18-19-20-22)11-21-8-9-24-12-15(21)10-16(23)14-6-4-3-5-7-14/h3-7,13,15H,8-12H2,1-2H3/t15-/m0/s1. The fourth-order valence-electron chi connectivity index (χ4n) is 2.94. The lowest BCUT2D eigenvalue weighted by Gasteiger charge is -2.34. The van der Waals surface area contributed by atoms with Crippen molar-refractivity contribution in [2.45, 2.75) is 38.9 Å². The highest BCUT2D eigenvalue weighted by atomic mass is 16.5. The molecular weight excluding hydrogens is 306 g/mol. The number of Topliss-reactive ketones (excluding diaryl/α,β-unsaturated/α-hetero) is 1. The van der Waals surface area contributed by atoms with E-state index in [1.807, 2.05) is 35.0 Å². The number of nitrogens with zero attached hydrogens (tertiary/aromatic N) is 5. The summed E-state index contributed by atoms with van der Waals surface area (Å²) in [6, 6.07) is 9.66. The van der Waals surface area contributed by atoms with Gasteiger partial charge in [0, 0.05) is 24.6 Å². The molecule has 2 aromatic rings. The van der Waals surface area contributed by atoms with Crippen molar-refractivity contribution in [1.29, 1.82) is 0 Å². The molecule has 1 fully saturated rings. The number of ether oxygens (including phenoxy) is 1. The molecule has 1 aliphatic rings. The Balaban J connectivity index is 1.69. The van der Waals surface area contributed by atoms with Crippen molar-refractivity contribution < 1.29 is 9.53 Å². The Bertz CT molecular complexity index is 671. The van der Waals surface area contributed by atoms with Crippen LogP contribution in [0.4, 0.5) is 0 Å². The Hall–Kier alpha value is -2.12. The molecule has 0 bridgehead atoms. The van der Waals surface area contributed by atoms with Crippen molar-refractivity contribution in [3.8, 4) is 0 Å². The zero-order valence-corrected chi connectivity index (χ0v) is 14.1. The smallest absolute Gasteiger partial charge is 0.165 e. The Labute approximate surface area is 141 Å². The Morgan fingerprint density at radius 1 is 1.33 bits per heavy atom. The molecule has 0 saturated carbocycles. The number of ketones is 1. The van der Waals surface area contributed by atoms with Gasteiger partial charge in [-0.3, -0.25) is 9.69 Å². The monoisotopic (exact) mass is 329 g/mol. The summed E-state index contributed by atoms with van der Waals surface area (Å²) in [6.45, 7) is 6.73. The van der Waals surface area contributed by atoms with Crippen LogP contribution in [0.1, 0.15) is 42.5 Å². The molecule has 0 spiro atoms. The van der Waals surface area contributed by atoms with Gasteiger partial charge in [0.2, 0.25) is 0 Å². The Kier molecular flexibility index (Phi) is 5.32. The second-order valence-corrected chi connectivity index (χ2v) is 6.33. The van der Waals surface area contributed by atoms with Gasteiger partial charge in [0.1, 0.15) is 0 Å². The van der Waals surface area contributed by atoms with Crippen LogP contribution >= 0.6 is 0 Å². The summed E-state index contributed by atoms with van der Waals surface area (Å²) in [5.74, 6) is 0.962. The summed E-state index contributed by atoms with van der Waals surface area (Å²) in [5.41, 5.74) is 0.745. The maximum absolute atomic E-state index is 12.5. The van der Waals surface area contributed by atoms with Crippen molar-refractivity contribution in [3.63, 3.8) is 0 Å². The number of benzene rings is 1. The van der Waals surface area contributed by atoms with Crippen molar-refractivity contribution in [2.24, 2.45) is 0 Å². The molecule has 7 nitrogen and oxygen atoms in total. The van der Waals surface area contributed by atoms with E-state index < -0.39 is 0 Å². The molecule has 0 amide bonds. The summed E-state index contributed by atoms with van der Waals surface area (Å²) >= 11 is 0. The number of hydrogen-bond donors (Lipinski definition) is 0. The summed E-state index contributed by atoms with van der Waals surface area (Å²) in [6.07, 6.45) is 0.438. The molecule has 0 N–H and O–H groups in total. The van der Waals surface area contributed by atoms with Gasteiger partial charge < -0.3 is 4.74 Å². The van der Waals surface area contributed by atoms with E-state index in [-0.39, 0.29) is 17.9 Å². The average Bonchev–Trinajstić information content (AvgIpc) is 3.06. The van der Waals surface area contributed by atoms with Crippen LogP contribution in [0.2, 0.25) is 0 Å². The van der Waals surface area contributed by atoms with Crippen LogP contribution in [-0.4, -0.2) is 56.7 Å². The van der Waals surface area contributed by atoms with E-state index in [0.717, 1.165) is 17.9 Å². The molecule has 0 radical (unpaired) electrons. The minimum atomic E-state index is 0.0452. The summed E-state index contributed by atoms with van der Waals surface area (Å²) < 4.78 is 7.42. The van der Waals surface area contributed by atoms with Crippen LogP contribution in [0.5, 0.6) is 0 Å². The number of aromatic nitrogens is 4. The van der Waals surface area contributed by atoms with E-state index >= 15 is 0 Å². The Morgan fingerprint density at radius 3 is 2.88 bits per heavy atom.